The number of aromatic nitrogens is 4. The van der Waals surface area contributed by atoms with Gasteiger partial charge in [0.25, 0.3) is 11.7 Å². The van der Waals surface area contributed by atoms with Crippen molar-refractivity contribution in [1.82, 2.24) is 24.5 Å². The Labute approximate surface area is 116 Å². The van der Waals surface area contributed by atoms with E-state index >= 15 is 0 Å². The number of fused-ring (bicyclic) bond motifs is 1. The van der Waals surface area contributed by atoms with Crippen molar-refractivity contribution in [2.45, 2.75) is 26.4 Å². The Morgan fingerprint density at radius 1 is 1.50 bits per heavy atom. The van der Waals surface area contributed by atoms with E-state index in [1.807, 2.05) is 19.9 Å². The van der Waals surface area contributed by atoms with Gasteiger partial charge in [-0.3, -0.25) is 4.79 Å². The van der Waals surface area contributed by atoms with Crippen LogP contribution in [0.15, 0.2) is 12.3 Å². The second-order valence-electron chi connectivity index (χ2n) is 5.32. The van der Waals surface area contributed by atoms with Gasteiger partial charge >= 0.3 is 0 Å². The number of hydrogen-bond acceptors (Lipinski definition) is 5. The molecule has 1 aliphatic heterocycles. The zero-order valence-electron chi connectivity index (χ0n) is 11.5. The van der Waals surface area contributed by atoms with Crippen LogP contribution in [0.2, 0.25) is 0 Å². The number of carbonyl (C=O) groups is 1. The fourth-order valence-corrected chi connectivity index (χ4v) is 2.46. The van der Waals surface area contributed by atoms with Gasteiger partial charge in [0.2, 0.25) is 5.82 Å². The molecule has 7 heteroatoms. The van der Waals surface area contributed by atoms with Gasteiger partial charge in [-0.2, -0.15) is 4.98 Å². The lowest BCUT2D eigenvalue weighted by molar-refractivity contribution is 0.0290. The largest absolute Gasteiger partial charge is 0.393 e. The summed E-state index contributed by atoms with van der Waals surface area (Å²) in [6, 6.07) is 1.81. The number of rotatable bonds is 1. The van der Waals surface area contributed by atoms with Gasteiger partial charge in [-0.25, -0.2) is 9.50 Å². The first-order valence-corrected chi connectivity index (χ1v) is 6.72. The molecule has 0 saturated carbocycles. The summed E-state index contributed by atoms with van der Waals surface area (Å²) in [6.45, 7) is 4.89. The Hall–Kier alpha value is -2.02. The van der Waals surface area contributed by atoms with Crippen LogP contribution >= 0.6 is 0 Å². The molecule has 2 aromatic rings. The minimum atomic E-state index is -0.336. The number of aliphatic hydroxyl groups excluding tert-OH is 1. The van der Waals surface area contributed by atoms with E-state index in [2.05, 4.69) is 15.1 Å². The van der Waals surface area contributed by atoms with Crippen LogP contribution in [0.3, 0.4) is 0 Å². The molecule has 3 rings (SSSR count). The van der Waals surface area contributed by atoms with Crippen molar-refractivity contribution in [3.8, 4) is 0 Å². The van der Waals surface area contributed by atoms with E-state index in [9.17, 15) is 9.90 Å². The maximum atomic E-state index is 12.4. The molecule has 106 valence electrons. The summed E-state index contributed by atoms with van der Waals surface area (Å²) in [6.07, 6.45) is 1.90. The van der Waals surface area contributed by atoms with Gasteiger partial charge in [0.05, 0.1) is 6.10 Å². The fourth-order valence-electron chi connectivity index (χ4n) is 2.46. The standard InChI is InChI=1S/C13H17N5O2/c1-8-7-17(6-4-10(8)19)12(20)11-15-13-14-5-3-9(2)18(13)16-11/h3,5,8,10,19H,4,6-7H2,1-2H3. The van der Waals surface area contributed by atoms with Crippen LogP contribution in [-0.4, -0.2) is 54.7 Å². The van der Waals surface area contributed by atoms with Crippen molar-refractivity contribution in [3.63, 3.8) is 0 Å². The summed E-state index contributed by atoms with van der Waals surface area (Å²) in [5.74, 6) is 0.465. The van der Waals surface area contributed by atoms with E-state index in [-0.39, 0.29) is 23.8 Å². The third kappa shape index (κ3) is 2.14. The summed E-state index contributed by atoms with van der Waals surface area (Å²) < 4.78 is 1.56. The Bertz CT molecular complexity index is 653. The van der Waals surface area contributed by atoms with E-state index in [1.165, 1.54) is 0 Å². The lowest BCUT2D eigenvalue weighted by Crippen LogP contribution is -2.45. The lowest BCUT2D eigenvalue weighted by atomic mass is 9.97. The highest BCUT2D eigenvalue weighted by Gasteiger charge is 2.29. The molecule has 2 aromatic heterocycles. The molecule has 1 fully saturated rings. The van der Waals surface area contributed by atoms with Crippen LogP contribution in [0.4, 0.5) is 0 Å². The molecule has 0 radical (unpaired) electrons. The highest BCUT2D eigenvalue weighted by molar-refractivity contribution is 5.91. The van der Waals surface area contributed by atoms with Crippen molar-refractivity contribution < 1.29 is 9.90 Å². The molecule has 2 atom stereocenters. The molecule has 3 heterocycles. The normalized spacial score (nSPS) is 23.2. The number of aliphatic hydroxyl groups is 1. The van der Waals surface area contributed by atoms with Crippen LogP contribution in [0.25, 0.3) is 5.78 Å². The zero-order valence-corrected chi connectivity index (χ0v) is 11.5. The SMILES string of the molecule is Cc1ccnc2nc(C(=O)N3CCC(O)C(C)C3)nn12. The fraction of sp³-hybridized carbons (Fsp3) is 0.538. The molecule has 0 bridgehead atoms. The smallest absolute Gasteiger partial charge is 0.293 e. The molecule has 20 heavy (non-hydrogen) atoms. The van der Waals surface area contributed by atoms with Gasteiger partial charge < -0.3 is 10.0 Å². The minimum Gasteiger partial charge on any atom is -0.393 e. The molecule has 0 aliphatic carbocycles. The van der Waals surface area contributed by atoms with Gasteiger partial charge in [-0.15, -0.1) is 5.10 Å². The number of likely N-dealkylation sites (tertiary alicyclic amines) is 1. The number of aryl methyl sites for hydroxylation is 1. The monoisotopic (exact) mass is 275 g/mol. The van der Waals surface area contributed by atoms with Gasteiger partial charge in [0, 0.05) is 25.0 Å². The van der Waals surface area contributed by atoms with Gasteiger partial charge in [0.15, 0.2) is 0 Å². The van der Waals surface area contributed by atoms with E-state index in [1.54, 1.807) is 15.6 Å². The minimum absolute atomic E-state index is 0.0737. The van der Waals surface area contributed by atoms with Crippen LogP contribution in [-0.2, 0) is 0 Å². The van der Waals surface area contributed by atoms with Crippen molar-refractivity contribution in [2.75, 3.05) is 13.1 Å². The summed E-state index contributed by atoms with van der Waals surface area (Å²) in [7, 11) is 0. The molecule has 2 unspecified atom stereocenters. The summed E-state index contributed by atoms with van der Waals surface area (Å²) in [5, 5.41) is 13.9. The first-order chi connectivity index (χ1) is 9.56. The molecular weight excluding hydrogens is 258 g/mol. The molecule has 0 spiro atoms. The van der Waals surface area contributed by atoms with Crippen molar-refractivity contribution in [1.29, 1.82) is 0 Å². The molecule has 1 saturated heterocycles. The number of hydrogen-bond donors (Lipinski definition) is 1. The van der Waals surface area contributed by atoms with Gasteiger partial charge in [0.1, 0.15) is 0 Å². The third-order valence-electron chi connectivity index (χ3n) is 3.77. The maximum absolute atomic E-state index is 12.4. The van der Waals surface area contributed by atoms with E-state index < -0.39 is 0 Å². The maximum Gasteiger partial charge on any atom is 0.293 e. The average Bonchev–Trinajstić information content (AvgIpc) is 2.86. The average molecular weight is 275 g/mol. The van der Waals surface area contributed by atoms with E-state index in [4.69, 9.17) is 0 Å². The number of nitrogens with zero attached hydrogens (tertiary/aromatic N) is 5. The molecule has 1 aliphatic rings. The molecule has 1 amide bonds. The zero-order chi connectivity index (χ0) is 14.3. The molecule has 0 aromatic carbocycles. The topological polar surface area (TPSA) is 83.6 Å². The number of amides is 1. The highest BCUT2D eigenvalue weighted by atomic mass is 16.3. The Morgan fingerprint density at radius 3 is 3.00 bits per heavy atom. The predicted octanol–water partition coefficient (Wildman–Crippen LogP) is 0.276. The predicted molar refractivity (Wildman–Crippen MR) is 71.2 cm³/mol. The summed E-state index contributed by atoms with van der Waals surface area (Å²) >= 11 is 0. The lowest BCUT2D eigenvalue weighted by Gasteiger charge is -2.33. The Morgan fingerprint density at radius 2 is 2.30 bits per heavy atom. The van der Waals surface area contributed by atoms with Gasteiger partial charge in [-0.1, -0.05) is 6.92 Å². The Kier molecular flexibility index (Phi) is 3.13. The van der Waals surface area contributed by atoms with E-state index in [0.717, 1.165) is 5.69 Å². The third-order valence-corrected chi connectivity index (χ3v) is 3.77. The summed E-state index contributed by atoms with van der Waals surface area (Å²) in [5.41, 5.74) is 0.879. The van der Waals surface area contributed by atoms with Crippen LogP contribution < -0.4 is 0 Å². The van der Waals surface area contributed by atoms with Crippen molar-refractivity contribution in [3.05, 3.63) is 23.8 Å². The Balaban J connectivity index is 1.87. The molecule has 7 nitrogen and oxygen atoms in total. The molecule has 1 N–H and O–H groups in total. The number of piperidine rings is 1. The quantitative estimate of drug-likeness (QED) is 0.808. The van der Waals surface area contributed by atoms with Crippen molar-refractivity contribution in [2.24, 2.45) is 5.92 Å². The number of carbonyl (C=O) groups excluding carboxylic acids is 1. The molecular formula is C13H17N5O2. The highest BCUT2D eigenvalue weighted by Crippen LogP contribution is 2.18. The van der Waals surface area contributed by atoms with Gasteiger partial charge in [-0.05, 0) is 25.3 Å². The first-order valence-electron chi connectivity index (χ1n) is 6.72. The van der Waals surface area contributed by atoms with Crippen LogP contribution in [0.1, 0.15) is 29.7 Å². The van der Waals surface area contributed by atoms with E-state index in [0.29, 0.717) is 25.3 Å². The first kappa shape index (κ1) is 13.0. The van der Waals surface area contributed by atoms with Crippen LogP contribution in [0, 0.1) is 12.8 Å². The van der Waals surface area contributed by atoms with Crippen molar-refractivity contribution >= 4 is 11.7 Å². The van der Waals surface area contributed by atoms with Crippen LogP contribution in [0.5, 0.6) is 0 Å². The second kappa shape index (κ2) is 4.82. The summed E-state index contributed by atoms with van der Waals surface area (Å²) in [4.78, 5) is 22.4. The second-order valence-corrected chi connectivity index (χ2v) is 5.32.